The first-order valence-corrected chi connectivity index (χ1v) is 12.2. The number of ether oxygens (including phenoxy) is 2. The molecule has 1 fully saturated rings. The predicted molar refractivity (Wildman–Crippen MR) is 124 cm³/mol. The van der Waals surface area contributed by atoms with E-state index in [0.717, 1.165) is 5.69 Å². The number of carbonyl (C=O) groups is 2. The van der Waals surface area contributed by atoms with E-state index in [1.807, 2.05) is 30.3 Å². The lowest BCUT2D eigenvalue weighted by Gasteiger charge is -2.37. The zero-order valence-corrected chi connectivity index (χ0v) is 19.7. The minimum atomic E-state index is -3.95. The predicted octanol–water partition coefficient (Wildman–Crippen LogP) is 1.64. The van der Waals surface area contributed by atoms with E-state index in [2.05, 4.69) is 9.62 Å². The van der Waals surface area contributed by atoms with Gasteiger partial charge in [-0.2, -0.15) is 4.72 Å². The summed E-state index contributed by atoms with van der Waals surface area (Å²) in [6.45, 7) is 5.24. The van der Waals surface area contributed by atoms with Crippen molar-refractivity contribution in [2.75, 3.05) is 38.2 Å². The molecule has 3 rings (SSSR count). The summed E-state index contributed by atoms with van der Waals surface area (Å²) in [5, 5.41) is 0. The Bertz CT molecular complexity index is 1050. The molecule has 2 aromatic carbocycles. The summed E-state index contributed by atoms with van der Waals surface area (Å²) in [6, 6.07) is 14.6. The number of esters is 1. The highest BCUT2D eigenvalue weighted by atomic mass is 32.2. The second-order valence-corrected chi connectivity index (χ2v) is 9.46. The van der Waals surface area contributed by atoms with Gasteiger partial charge >= 0.3 is 5.97 Å². The van der Waals surface area contributed by atoms with Gasteiger partial charge in [-0.25, -0.2) is 8.42 Å². The van der Waals surface area contributed by atoms with Crippen LogP contribution in [-0.2, 0) is 24.3 Å². The summed E-state index contributed by atoms with van der Waals surface area (Å²) in [6.07, 6.45) is -1.02. The lowest BCUT2D eigenvalue weighted by atomic mass is 10.2. The van der Waals surface area contributed by atoms with E-state index in [1.165, 1.54) is 45.2 Å². The van der Waals surface area contributed by atoms with Crippen LogP contribution >= 0.6 is 0 Å². The molecule has 2 atom stereocenters. The number of benzene rings is 2. The molecule has 0 spiro atoms. The molecule has 1 heterocycles. The van der Waals surface area contributed by atoms with Gasteiger partial charge in [0.15, 0.2) is 6.10 Å². The first-order chi connectivity index (χ1) is 15.7. The Hall–Kier alpha value is -3.11. The first kappa shape index (κ1) is 24.5. The molecule has 1 aliphatic heterocycles. The summed E-state index contributed by atoms with van der Waals surface area (Å²) in [5.41, 5.74) is 1.10. The van der Waals surface area contributed by atoms with Crippen LogP contribution in [-0.4, -0.2) is 70.6 Å². The lowest BCUT2D eigenvalue weighted by Crippen LogP contribution is -2.52. The maximum atomic E-state index is 12.7. The van der Waals surface area contributed by atoms with Crippen molar-refractivity contribution in [1.82, 2.24) is 9.62 Å². The minimum Gasteiger partial charge on any atom is -0.497 e. The molecule has 0 radical (unpaired) electrons. The number of nitrogens with zero attached hydrogens (tertiary/aromatic N) is 2. The third kappa shape index (κ3) is 6.23. The van der Waals surface area contributed by atoms with Crippen LogP contribution in [0.25, 0.3) is 0 Å². The number of piperazine rings is 1. The summed E-state index contributed by atoms with van der Waals surface area (Å²) < 4.78 is 37.6. The molecule has 1 amide bonds. The average molecular weight is 476 g/mol. The number of sulfonamides is 1. The van der Waals surface area contributed by atoms with E-state index in [0.29, 0.717) is 31.9 Å². The fraction of sp³-hybridized carbons (Fsp3) is 0.391. The number of methoxy groups -OCH3 is 1. The Labute approximate surface area is 194 Å². The van der Waals surface area contributed by atoms with E-state index in [1.54, 1.807) is 4.90 Å². The topological polar surface area (TPSA) is 105 Å². The fourth-order valence-electron chi connectivity index (χ4n) is 3.51. The van der Waals surface area contributed by atoms with Crippen LogP contribution in [0.15, 0.2) is 59.5 Å². The largest absolute Gasteiger partial charge is 0.497 e. The Balaban J connectivity index is 1.51. The monoisotopic (exact) mass is 475 g/mol. The second-order valence-electron chi connectivity index (χ2n) is 7.75. The van der Waals surface area contributed by atoms with Gasteiger partial charge in [-0.15, -0.1) is 0 Å². The Morgan fingerprint density at radius 2 is 1.55 bits per heavy atom. The molecule has 178 valence electrons. The highest BCUT2D eigenvalue weighted by molar-refractivity contribution is 7.89. The molecule has 0 bridgehead atoms. The summed E-state index contributed by atoms with van der Waals surface area (Å²) >= 11 is 0. The van der Waals surface area contributed by atoms with Crippen molar-refractivity contribution >= 4 is 27.6 Å². The van der Waals surface area contributed by atoms with Crippen molar-refractivity contribution in [2.24, 2.45) is 0 Å². The van der Waals surface area contributed by atoms with Crippen LogP contribution in [0.2, 0.25) is 0 Å². The van der Waals surface area contributed by atoms with Crippen LogP contribution < -0.4 is 14.4 Å². The van der Waals surface area contributed by atoms with Crippen LogP contribution in [0.3, 0.4) is 0 Å². The van der Waals surface area contributed by atoms with Gasteiger partial charge in [0.1, 0.15) is 11.8 Å². The number of para-hydroxylation sites is 1. The highest BCUT2D eigenvalue weighted by Crippen LogP contribution is 2.17. The number of hydrogen-bond donors (Lipinski definition) is 1. The van der Waals surface area contributed by atoms with Crippen LogP contribution in [0, 0.1) is 0 Å². The van der Waals surface area contributed by atoms with Crippen molar-refractivity contribution < 1.29 is 27.5 Å². The van der Waals surface area contributed by atoms with Gasteiger partial charge in [-0.1, -0.05) is 18.2 Å². The quantitative estimate of drug-likeness (QED) is 0.579. The van der Waals surface area contributed by atoms with Crippen LogP contribution in [0.1, 0.15) is 13.8 Å². The molecular weight excluding hydrogens is 446 g/mol. The lowest BCUT2D eigenvalue weighted by molar-refractivity contribution is -0.160. The summed E-state index contributed by atoms with van der Waals surface area (Å²) in [7, 11) is -2.47. The third-order valence-electron chi connectivity index (χ3n) is 5.41. The number of amides is 1. The molecule has 9 nitrogen and oxygen atoms in total. The van der Waals surface area contributed by atoms with E-state index in [9.17, 15) is 18.0 Å². The molecular formula is C23H29N3O6S. The molecule has 0 aromatic heterocycles. The van der Waals surface area contributed by atoms with Crippen molar-refractivity contribution in [1.29, 1.82) is 0 Å². The Kier molecular flexibility index (Phi) is 7.93. The fourth-order valence-corrected chi connectivity index (χ4v) is 4.70. The summed E-state index contributed by atoms with van der Waals surface area (Å²) in [5.74, 6) is -0.615. The number of carbonyl (C=O) groups excluding carboxylic acids is 2. The zero-order valence-electron chi connectivity index (χ0n) is 18.9. The first-order valence-electron chi connectivity index (χ1n) is 10.7. The van der Waals surface area contributed by atoms with E-state index in [-0.39, 0.29) is 10.8 Å². The highest BCUT2D eigenvalue weighted by Gasteiger charge is 2.30. The van der Waals surface area contributed by atoms with Gasteiger partial charge in [-0.3, -0.25) is 9.59 Å². The summed E-state index contributed by atoms with van der Waals surface area (Å²) in [4.78, 5) is 29.0. The van der Waals surface area contributed by atoms with Crippen molar-refractivity contribution in [3.63, 3.8) is 0 Å². The van der Waals surface area contributed by atoms with Crippen molar-refractivity contribution in [3.8, 4) is 5.75 Å². The van der Waals surface area contributed by atoms with E-state index in [4.69, 9.17) is 9.47 Å². The standard InChI is InChI=1S/C23H29N3O6S/c1-17(24-33(29,30)21-11-9-20(31-3)10-12-21)23(28)32-18(2)22(27)26-15-13-25(14-16-26)19-7-5-4-6-8-19/h4-12,17-18,24H,13-16H2,1-3H3/t17-,18-/m1/s1. The van der Waals surface area contributed by atoms with Gasteiger partial charge < -0.3 is 19.3 Å². The molecule has 1 saturated heterocycles. The molecule has 1 N–H and O–H groups in total. The van der Waals surface area contributed by atoms with Crippen LogP contribution in [0.5, 0.6) is 5.75 Å². The number of hydrogen-bond acceptors (Lipinski definition) is 7. The van der Waals surface area contributed by atoms with Gasteiger partial charge in [-0.05, 0) is 50.2 Å². The molecule has 10 heteroatoms. The number of nitrogens with one attached hydrogen (secondary N) is 1. The molecule has 0 aliphatic carbocycles. The van der Waals surface area contributed by atoms with Gasteiger partial charge in [0.2, 0.25) is 10.0 Å². The van der Waals surface area contributed by atoms with Crippen molar-refractivity contribution in [2.45, 2.75) is 30.9 Å². The van der Waals surface area contributed by atoms with Gasteiger partial charge in [0.05, 0.1) is 12.0 Å². The normalized spacial score (nSPS) is 16.1. The molecule has 1 aliphatic rings. The number of anilines is 1. The SMILES string of the molecule is COc1ccc(S(=O)(=O)N[C@H](C)C(=O)O[C@H](C)C(=O)N2CCN(c3ccccc3)CC2)cc1. The second kappa shape index (κ2) is 10.7. The number of rotatable bonds is 8. The smallest absolute Gasteiger partial charge is 0.324 e. The molecule has 2 aromatic rings. The maximum absolute atomic E-state index is 12.7. The van der Waals surface area contributed by atoms with Crippen molar-refractivity contribution in [3.05, 3.63) is 54.6 Å². The zero-order chi connectivity index (χ0) is 24.0. The average Bonchev–Trinajstić information content (AvgIpc) is 2.84. The Morgan fingerprint density at radius 1 is 0.939 bits per heavy atom. The van der Waals surface area contributed by atoms with E-state index >= 15 is 0 Å². The van der Waals surface area contributed by atoms with E-state index < -0.39 is 28.1 Å². The molecule has 0 unspecified atom stereocenters. The van der Waals surface area contributed by atoms with Gasteiger partial charge in [0.25, 0.3) is 5.91 Å². The maximum Gasteiger partial charge on any atom is 0.324 e. The van der Waals surface area contributed by atoms with Gasteiger partial charge in [0, 0.05) is 31.9 Å². The molecule has 33 heavy (non-hydrogen) atoms. The molecule has 0 saturated carbocycles. The van der Waals surface area contributed by atoms with Crippen LogP contribution in [0.4, 0.5) is 5.69 Å². The Morgan fingerprint density at radius 3 is 2.12 bits per heavy atom. The third-order valence-corrected chi connectivity index (χ3v) is 6.97. The minimum absolute atomic E-state index is 0.0108.